The minimum atomic E-state index is -0.356. The van der Waals surface area contributed by atoms with Gasteiger partial charge in [-0.2, -0.15) is 0 Å². The number of aliphatic hydroxyl groups excluding tert-OH is 1. The molecular weight excluding hydrogens is 427 g/mol. The Kier molecular flexibility index (Phi) is 5.16. The Hall–Kier alpha value is -3.62. The van der Waals surface area contributed by atoms with E-state index in [4.69, 9.17) is 0 Å². The Morgan fingerprint density at radius 2 is 2.06 bits per heavy atom. The van der Waals surface area contributed by atoms with Crippen LogP contribution in [0.2, 0.25) is 0 Å². The monoisotopic (exact) mass is 446 g/mol. The van der Waals surface area contributed by atoms with Crippen LogP contribution >= 0.6 is 11.3 Å². The van der Waals surface area contributed by atoms with E-state index < -0.39 is 0 Å². The topological polar surface area (TPSA) is 80.0 Å². The van der Waals surface area contributed by atoms with Crippen LogP contribution in [-0.2, 0) is 13.2 Å². The van der Waals surface area contributed by atoms with Gasteiger partial charge in [0.15, 0.2) is 0 Å². The van der Waals surface area contributed by atoms with E-state index in [-0.39, 0.29) is 18.3 Å². The first-order chi connectivity index (χ1) is 15.5. The third-order valence-corrected chi connectivity index (χ3v) is 6.17. The van der Waals surface area contributed by atoms with Gasteiger partial charge in [-0.1, -0.05) is 41.2 Å². The van der Waals surface area contributed by atoms with Crippen LogP contribution in [0.3, 0.4) is 0 Å². The van der Waals surface area contributed by atoms with Gasteiger partial charge in [0.05, 0.1) is 24.0 Å². The van der Waals surface area contributed by atoms with Crippen molar-refractivity contribution in [3.63, 3.8) is 0 Å². The SMILES string of the molecule is Cc1cccc(Cn2c(C(=O)Nc3cnc4sc(CO)nc4c3)cc3ccc(F)cc32)c1. The molecule has 32 heavy (non-hydrogen) atoms. The fourth-order valence-corrected chi connectivity index (χ4v) is 4.52. The number of aliphatic hydroxyl groups is 1. The van der Waals surface area contributed by atoms with E-state index in [2.05, 4.69) is 15.3 Å². The number of hydrogen-bond acceptors (Lipinski definition) is 5. The van der Waals surface area contributed by atoms with Crippen LogP contribution in [0.1, 0.15) is 26.6 Å². The van der Waals surface area contributed by atoms with Crippen LogP contribution in [-0.4, -0.2) is 25.5 Å². The van der Waals surface area contributed by atoms with Gasteiger partial charge in [0.25, 0.3) is 5.91 Å². The number of thiazole rings is 1. The molecule has 0 saturated heterocycles. The number of rotatable bonds is 5. The van der Waals surface area contributed by atoms with Gasteiger partial charge in [-0.25, -0.2) is 14.4 Å². The predicted octanol–water partition coefficient (Wildman–Crippen LogP) is 4.89. The number of pyridine rings is 1. The molecule has 0 fully saturated rings. The number of nitrogens with zero attached hydrogens (tertiary/aromatic N) is 3. The highest BCUT2D eigenvalue weighted by molar-refractivity contribution is 7.18. The second kappa shape index (κ2) is 8.14. The molecule has 3 aromatic heterocycles. The zero-order valence-electron chi connectivity index (χ0n) is 17.2. The van der Waals surface area contributed by atoms with E-state index in [9.17, 15) is 14.3 Å². The van der Waals surface area contributed by atoms with E-state index >= 15 is 0 Å². The summed E-state index contributed by atoms with van der Waals surface area (Å²) in [5.74, 6) is -0.682. The molecule has 0 unspecified atom stereocenters. The Morgan fingerprint density at radius 3 is 2.88 bits per heavy atom. The van der Waals surface area contributed by atoms with Crippen LogP contribution < -0.4 is 5.32 Å². The molecule has 2 aromatic carbocycles. The number of aromatic nitrogens is 3. The van der Waals surface area contributed by atoms with Crippen molar-refractivity contribution in [3.05, 3.63) is 88.4 Å². The molecule has 8 heteroatoms. The van der Waals surface area contributed by atoms with Crippen LogP contribution in [0.25, 0.3) is 21.3 Å². The molecule has 0 saturated carbocycles. The molecule has 0 bridgehead atoms. The number of amides is 1. The van der Waals surface area contributed by atoms with Crippen molar-refractivity contribution < 1.29 is 14.3 Å². The lowest BCUT2D eigenvalue weighted by atomic mass is 10.1. The number of anilines is 1. The molecular formula is C24H19FN4O2S. The predicted molar refractivity (Wildman–Crippen MR) is 123 cm³/mol. The largest absolute Gasteiger partial charge is 0.389 e. The molecule has 5 aromatic rings. The van der Waals surface area contributed by atoms with Crippen LogP contribution in [0.5, 0.6) is 0 Å². The number of hydrogen-bond donors (Lipinski definition) is 2. The Morgan fingerprint density at radius 1 is 1.19 bits per heavy atom. The van der Waals surface area contributed by atoms with Gasteiger partial charge in [-0.05, 0) is 42.8 Å². The van der Waals surface area contributed by atoms with E-state index in [1.807, 2.05) is 35.8 Å². The number of nitrogens with one attached hydrogen (secondary N) is 1. The molecule has 160 valence electrons. The zero-order chi connectivity index (χ0) is 22.2. The zero-order valence-corrected chi connectivity index (χ0v) is 18.0. The average molecular weight is 447 g/mol. The Labute approximate surface area is 187 Å². The van der Waals surface area contributed by atoms with Gasteiger partial charge < -0.3 is 15.0 Å². The Balaban J connectivity index is 1.53. The smallest absolute Gasteiger partial charge is 0.272 e. The van der Waals surface area contributed by atoms with E-state index in [0.29, 0.717) is 38.8 Å². The van der Waals surface area contributed by atoms with Gasteiger partial charge >= 0.3 is 0 Å². The standard InChI is InChI=1S/C24H19FN4O2S/c1-14-3-2-4-15(7-14)12-29-20-9-17(25)6-5-16(20)8-21(29)23(31)27-18-10-19-24(26-11-18)32-22(13-30)28-19/h2-11,30H,12-13H2,1H3,(H,27,31). The number of carbonyl (C=O) groups excluding carboxylic acids is 1. The minimum Gasteiger partial charge on any atom is -0.389 e. The maximum atomic E-state index is 14.0. The van der Waals surface area contributed by atoms with Crippen molar-refractivity contribution in [2.45, 2.75) is 20.1 Å². The van der Waals surface area contributed by atoms with E-state index in [1.165, 1.54) is 23.5 Å². The van der Waals surface area contributed by atoms with Crippen molar-refractivity contribution in [1.82, 2.24) is 14.5 Å². The summed E-state index contributed by atoms with van der Waals surface area (Å²) in [6, 6.07) is 16.0. The summed E-state index contributed by atoms with van der Waals surface area (Å²) >= 11 is 1.31. The maximum absolute atomic E-state index is 14.0. The van der Waals surface area contributed by atoms with Crippen molar-refractivity contribution in [2.24, 2.45) is 0 Å². The maximum Gasteiger partial charge on any atom is 0.272 e. The lowest BCUT2D eigenvalue weighted by Crippen LogP contribution is -2.17. The highest BCUT2D eigenvalue weighted by Crippen LogP contribution is 2.26. The van der Waals surface area contributed by atoms with Crippen molar-refractivity contribution in [1.29, 1.82) is 0 Å². The highest BCUT2D eigenvalue weighted by Gasteiger charge is 2.18. The molecule has 0 aliphatic rings. The second-order valence-corrected chi connectivity index (χ2v) is 8.64. The number of halogens is 1. The quantitative estimate of drug-likeness (QED) is 0.403. The van der Waals surface area contributed by atoms with Crippen molar-refractivity contribution in [2.75, 3.05) is 5.32 Å². The molecule has 1 amide bonds. The number of benzene rings is 2. The van der Waals surface area contributed by atoms with Crippen LogP contribution in [0.15, 0.2) is 60.8 Å². The van der Waals surface area contributed by atoms with Gasteiger partial charge in [0, 0.05) is 11.9 Å². The molecule has 6 nitrogen and oxygen atoms in total. The number of aryl methyl sites for hydroxylation is 1. The van der Waals surface area contributed by atoms with Gasteiger partial charge in [-0.3, -0.25) is 4.79 Å². The number of carbonyl (C=O) groups is 1. The van der Waals surface area contributed by atoms with Crippen LogP contribution in [0.4, 0.5) is 10.1 Å². The summed E-state index contributed by atoms with van der Waals surface area (Å²) < 4.78 is 15.8. The first kappa shape index (κ1) is 20.3. The summed E-state index contributed by atoms with van der Waals surface area (Å²) in [6.45, 7) is 2.29. The third-order valence-electron chi connectivity index (χ3n) is 5.21. The van der Waals surface area contributed by atoms with Crippen molar-refractivity contribution >= 4 is 44.2 Å². The first-order valence-electron chi connectivity index (χ1n) is 10.0. The molecule has 2 N–H and O–H groups in total. The minimum absolute atomic E-state index is 0.154. The lowest BCUT2D eigenvalue weighted by Gasteiger charge is -2.12. The highest BCUT2D eigenvalue weighted by atomic mass is 32.1. The summed E-state index contributed by atoms with van der Waals surface area (Å²) in [6.07, 6.45) is 1.56. The second-order valence-electron chi connectivity index (χ2n) is 7.58. The molecule has 3 heterocycles. The van der Waals surface area contributed by atoms with Gasteiger partial charge in [-0.15, -0.1) is 0 Å². The fourth-order valence-electron chi connectivity index (χ4n) is 3.78. The van der Waals surface area contributed by atoms with Gasteiger partial charge in [0.2, 0.25) is 0 Å². The molecule has 5 rings (SSSR count). The van der Waals surface area contributed by atoms with Crippen molar-refractivity contribution in [3.8, 4) is 0 Å². The molecule has 0 aliphatic heterocycles. The molecule has 0 radical (unpaired) electrons. The molecule has 0 aliphatic carbocycles. The van der Waals surface area contributed by atoms with E-state index in [1.54, 1.807) is 24.4 Å². The molecule has 0 atom stereocenters. The first-order valence-corrected chi connectivity index (χ1v) is 10.8. The number of fused-ring (bicyclic) bond motifs is 2. The van der Waals surface area contributed by atoms with Crippen LogP contribution in [0, 0.1) is 12.7 Å². The normalized spacial score (nSPS) is 11.3. The fraction of sp³-hybridized carbons (Fsp3) is 0.125. The van der Waals surface area contributed by atoms with E-state index in [0.717, 1.165) is 16.5 Å². The molecule has 0 spiro atoms. The van der Waals surface area contributed by atoms with Gasteiger partial charge in [0.1, 0.15) is 26.9 Å². The summed E-state index contributed by atoms with van der Waals surface area (Å²) in [4.78, 5) is 22.6. The summed E-state index contributed by atoms with van der Waals surface area (Å²) in [7, 11) is 0. The summed E-state index contributed by atoms with van der Waals surface area (Å²) in [5, 5.41) is 13.5. The summed E-state index contributed by atoms with van der Waals surface area (Å²) in [5.41, 5.74) is 4.30. The Bertz CT molecular complexity index is 1470. The third kappa shape index (κ3) is 3.86. The lowest BCUT2D eigenvalue weighted by molar-refractivity contribution is 0.101. The average Bonchev–Trinajstić information content (AvgIpc) is 3.34.